The Morgan fingerprint density at radius 3 is 2.27 bits per heavy atom. The lowest BCUT2D eigenvalue weighted by Gasteiger charge is -2.33. The summed E-state index contributed by atoms with van der Waals surface area (Å²) in [6, 6.07) is 20.0. The highest BCUT2D eigenvalue weighted by Crippen LogP contribution is 2.28. The van der Waals surface area contributed by atoms with E-state index in [4.69, 9.17) is 4.74 Å². The highest BCUT2D eigenvalue weighted by Gasteiger charge is 2.33. The van der Waals surface area contributed by atoms with Crippen molar-refractivity contribution in [1.82, 2.24) is 10.2 Å². The van der Waals surface area contributed by atoms with Crippen LogP contribution in [0.4, 0.5) is 5.69 Å². The summed E-state index contributed by atoms with van der Waals surface area (Å²) >= 11 is 0. The lowest BCUT2D eigenvalue weighted by Crippen LogP contribution is -2.52. The molecule has 0 radical (unpaired) electrons. The summed E-state index contributed by atoms with van der Waals surface area (Å²) in [5.41, 5.74) is 2.90. The van der Waals surface area contributed by atoms with Gasteiger partial charge < -0.3 is 15.0 Å². The van der Waals surface area contributed by atoms with Gasteiger partial charge >= 0.3 is 0 Å². The Labute approximate surface area is 244 Å². The topological polar surface area (TPSA) is 96.0 Å². The van der Waals surface area contributed by atoms with Gasteiger partial charge in [0, 0.05) is 12.6 Å². The lowest BCUT2D eigenvalue weighted by atomic mass is 10.1. The fraction of sp³-hybridized carbons (Fsp3) is 0.375. The van der Waals surface area contributed by atoms with Crippen molar-refractivity contribution in [1.29, 1.82) is 0 Å². The third kappa shape index (κ3) is 7.88. The first-order valence-corrected chi connectivity index (χ1v) is 15.4. The van der Waals surface area contributed by atoms with E-state index in [2.05, 4.69) is 5.32 Å². The maximum Gasteiger partial charge on any atom is 0.264 e. The van der Waals surface area contributed by atoms with Gasteiger partial charge in [0.15, 0.2) is 0 Å². The smallest absolute Gasteiger partial charge is 0.264 e. The SMILES string of the molecule is CCc1ccccc1N(CC(=O)N(Cc1cccc(OC)c1)[C@H](C)C(=O)N[C@H](C)CC)S(=O)(=O)c1ccc(C)cc1. The van der Waals surface area contributed by atoms with Crippen LogP contribution in [-0.2, 0) is 32.6 Å². The van der Waals surface area contributed by atoms with Crippen molar-refractivity contribution in [2.45, 2.75) is 71.0 Å². The molecular formula is C32H41N3O5S. The number of para-hydroxylation sites is 1. The third-order valence-corrected chi connectivity index (χ3v) is 8.96. The molecule has 0 saturated heterocycles. The minimum Gasteiger partial charge on any atom is -0.497 e. The molecule has 0 spiro atoms. The van der Waals surface area contributed by atoms with Gasteiger partial charge in [0.25, 0.3) is 10.0 Å². The van der Waals surface area contributed by atoms with E-state index in [9.17, 15) is 18.0 Å². The van der Waals surface area contributed by atoms with Gasteiger partial charge in [-0.25, -0.2) is 8.42 Å². The second kappa shape index (κ2) is 14.2. The van der Waals surface area contributed by atoms with E-state index in [1.165, 1.54) is 4.90 Å². The van der Waals surface area contributed by atoms with Crippen LogP contribution >= 0.6 is 0 Å². The van der Waals surface area contributed by atoms with Crippen LogP contribution in [0.15, 0.2) is 77.7 Å². The third-order valence-electron chi connectivity index (χ3n) is 7.18. The van der Waals surface area contributed by atoms with Crippen molar-refractivity contribution >= 4 is 27.5 Å². The number of amides is 2. The second-order valence-corrected chi connectivity index (χ2v) is 12.0. The summed E-state index contributed by atoms with van der Waals surface area (Å²) in [4.78, 5) is 28.9. The number of carbonyl (C=O) groups is 2. The molecule has 1 N–H and O–H groups in total. The highest BCUT2D eigenvalue weighted by molar-refractivity contribution is 7.92. The average Bonchev–Trinajstić information content (AvgIpc) is 2.98. The summed E-state index contributed by atoms with van der Waals surface area (Å²) < 4.78 is 34.6. The first-order chi connectivity index (χ1) is 19.5. The molecule has 3 aromatic rings. The van der Waals surface area contributed by atoms with E-state index in [1.807, 2.05) is 52.0 Å². The van der Waals surface area contributed by atoms with E-state index in [-0.39, 0.29) is 23.4 Å². The number of sulfonamides is 1. The molecule has 0 fully saturated rings. The number of hydrogen-bond donors (Lipinski definition) is 1. The van der Waals surface area contributed by atoms with Crippen LogP contribution in [0.2, 0.25) is 0 Å². The van der Waals surface area contributed by atoms with Crippen molar-refractivity contribution in [3.8, 4) is 5.75 Å². The van der Waals surface area contributed by atoms with E-state index < -0.39 is 28.5 Å². The highest BCUT2D eigenvalue weighted by atomic mass is 32.2. The van der Waals surface area contributed by atoms with Gasteiger partial charge in [0.05, 0.1) is 17.7 Å². The quantitative estimate of drug-likeness (QED) is 0.304. The van der Waals surface area contributed by atoms with Gasteiger partial charge in [-0.1, -0.05) is 61.9 Å². The van der Waals surface area contributed by atoms with Crippen molar-refractivity contribution in [3.63, 3.8) is 0 Å². The molecule has 0 aliphatic heterocycles. The summed E-state index contributed by atoms with van der Waals surface area (Å²) in [6.07, 6.45) is 1.31. The van der Waals surface area contributed by atoms with Crippen LogP contribution in [0.1, 0.15) is 50.8 Å². The number of hydrogen-bond acceptors (Lipinski definition) is 5. The summed E-state index contributed by atoms with van der Waals surface area (Å²) in [6.45, 7) is 8.97. The van der Waals surface area contributed by atoms with E-state index in [0.29, 0.717) is 17.9 Å². The zero-order valence-electron chi connectivity index (χ0n) is 24.8. The predicted molar refractivity (Wildman–Crippen MR) is 162 cm³/mol. The Morgan fingerprint density at radius 1 is 0.951 bits per heavy atom. The monoisotopic (exact) mass is 579 g/mol. The minimum absolute atomic E-state index is 0.0754. The maximum atomic E-state index is 14.1. The molecule has 0 saturated carbocycles. The van der Waals surface area contributed by atoms with Crippen molar-refractivity contribution in [3.05, 3.63) is 89.5 Å². The molecular weight excluding hydrogens is 538 g/mol. The zero-order valence-corrected chi connectivity index (χ0v) is 25.6. The van der Waals surface area contributed by atoms with Crippen molar-refractivity contribution < 1.29 is 22.7 Å². The Kier molecular flexibility index (Phi) is 10.9. The molecule has 3 aromatic carbocycles. The Balaban J connectivity index is 2.07. The molecule has 2 amide bonds. The molecule has 0 aliphatic carbocycles. The number of nitrogens with one attached hydrogen (secondary N) is 1. The fourth-order valence-electron chi connectivity index (χ4n) is 4.42. The second-order valence-electron chi connectivity index (χ2n) is 10.2. The van der Waals surface area contributed by atoms with E-state index in [0.717, 1.165) is 27.4 Å². The van der Waals surface area contributed by atoms with Crippen LogP contribution in [0.3, 0.4) is 0 Å². The lowest BCUT2D eigenvalue weighted by molar-refractivity contribution is -0.139. The molecule has 2 atom stereocenters. The number of aryl methyl sites for hydroxylation is 2. The minimum atomic E-state index is -4.12. The molecule has 8 nitrogen and oxygen atoms in total. The van der Waals surface area contributed by atoms with Gasteiger partial charge in [0.1, 0.15) is 18.3 Å². The van der Waals surface area contributed by atoms with Crippen LogP contribution in [0.25, 0.3) is 0 Å². The molecule has 220 valence electrons. The van der Waals surface area contributed by atoms with Crippen LogP contribution < -0.4 is 14.4 Å². The van der Waals surface area contributed by atoms with Gasteiger partial charge in [-0.05, 0) is 75.1 Å². The molecule has 0 unspecified atom stereocenters. The summed E-state index contributed by atoms with van der Waals surface area (Å²) in [7, 11) is -2.56. The van der Waals surface area contributed by atoms with Crippen LogP contribution in [0, 0.1) is 6.92 Å². The zero-order chi connectivity index (χ0) is 30.2. The first kappa shape index (κ1) is 31.7. The summed E-state index contributed by atoms with van der Waals surface area (Å²) in [5, 5.41) is 2.95. The Morgan fingerprint density at radius 2 is 1.63 bits per heavy atom. The molecule has 0 bridgehead atoms. The number of benzene rings is 3. The molecule has 9 heteroatoms. The van der Waals surface area contributed by atoms with Crippen molar-refractivity contribution in [2.75, 3.05) is 18.0 Å². The largest absolute Gasteiger partial charge is 0.497 e. The summed E-state index contributed by atoms with van der Waals surface area (Å²) in [5.74, 6) is -0.189. The van der Waals surface area contributed by atoms with E-state index in [1.54, 1.807) is 62.6 Å². The fourth-order valence-corrected chi connectivity index (χ4v) is 5.87. The Hall–Kier alpha value is -3.85. The van der Waals surface area contributed by atoms with Crippen LogP contribution in [0.5, 0.6) is 5.75 Å². The van der Waals surface area contributed by atoms with E-state index >= 15 is 0 Å². The average molecular weight is 580 g/mol. The maximum absolute atomic E-state index is 14.1. The molecule has 0 aliphatic rings. The molecule has 0 heterocycles. The number of nitrogens with zero attached hydrogens (tertiary/aromatic N) is 2. The predicted octanol–water partition coefficient (Wildman–Crippen LogP) is 5.09. The van der Waals surface area contributed by atoms with Gasteiger partial charge in [-0.3, -0.25) is 13.9 Å². The standard InChI is InChI=1S/C32H41N3O5S/c1-7-24(4)33-32(37)25(5)34(21-26-12-11-14-28(20-26)40-6)31(36)22-35(30-15-10-9-13-27(30)8-2)41(38,39)29-18-16-23(3)17-19-29/h9-20,24-25H,7-8,21-22H2,1-6H3,(H,33,37)/t24-,25-/m1/s1. The Bertz CT molecular complexity index is 1440. The molecule has 41 heavy (non-hydrogen) atoms. The number of carbonyl (C=O) groups excluding carboxylic acids is 2. The number of anilines is 1. The van der Waals surface area contributed by atoms with Crippen LogP contribution in [-0.4, -0.2) is 50.9 Å². The normalized spacial score (nSPS) is 12.7. The molecule has 3 rings (SSSR count). The number of ether oxygens (including phenoxy) is 1. The van der Waals surface area contributed by atoms with Crippen molar-refractivity contribution in [2.24, 2.45) is 0 Å². The van der Waals surface area contributed by atoms with Gasteiger partial charge in [-0.15, -0.1) is 0 Å². The van der Waals surface area contributed by atoms with Gasteiger partial charge in [-0.2, -0.15) is 0 Å². The number of rotatable bonds is 13. The first-order valence-electron chi connectivity index (χ1n) is 13.9. The van der Waals surface area contributed by atoms with Gasteiger partial charge in [0.2, 0.25) is 11.8 Å². The number of methoxy groups -OCH3 is 1. The molecule has 0 aromatic heterocycles.